The fraction of sp³-hybridized carbons (Fsp3) is 0.250. The van der Waals surface area contributed by atoms with Crippen molar-refractivity contribution in [3.63, 3.8) is 0 Å². The van der Waals surface area contributed by atoms with Gasteiger partial charge in [-0.2, -0.15) is 0 Å². The summed E-state index contributed by atoms with van der Waals surface area (Å²) in [5.41, 5.74) is 1.31. The second kappa shape index (κ2) is 7.27. The van der Waals surface area contributed by atoms with Gasteiger partial charge in [-0.25, -0.2) is 4.98 Å². The van der Waals surface area contributed by atoms with Crippen LogP contribution in [0.5, 0.6) is 5.88 Å². The van der Waals surface area contributed by atoms with Gasteiger partial charge in [0.2, 0.25) is 11.6 Å². The Labute approximate surface area is 143 Å². The maximum absolute atomic E-state index is 12.1. The number of hydrogen-bond acceptors (Lipinski definition) is 5. The average Bonchev–Trinajstić information content (AvgIpc) is 3.00. The van der Waals surface area contributed by atoms with E-state index >= 15 is 0 Å². The summed E-state index contributed by atoms with van der Waals surface area (Å²) in [6.45, 7) is 2.61. The molecule has 7 nitrogen and oxygen atoms in total. The van der Waals surface area contributed by atoms with Gasteiger partial charge in [-0.15, -0.1) is 10.2 Å². The molecule has 0 saturated heterocycles. The number of hydrogen-bond donors (Lipinski definition) is 1. The van der Waals surface area contributed by atoms with Crippen molar-refractivity contribution in [1.82, 2.24) is 24.9 Å². The third-order valence-corrected chi connectivity index (χ3v) is 3.77. The highest BCUT2D eigenvalue weighted by Crippen LogP contribution is 2.16. The maximum atomic E-state index is 12.1. The molecule has 1 N–H and O–H groups in total. The molecule has 0 aliphatic heterocycles. The van der Waals surface area contributed by atoms with Crippen molar-refractivity contribution >= 4 is 23.2 Å². The molecule has 0 unspecified atom stereocenters. The van der Waals surface area contributed by atoms with E-state index in [0.717, 1.165) is 5.56 Å². The smallest absolute Gasteiger partial charge is 0.260 e. The van der Waals surface area contributed by atoms with Crippen LogP contribution in [0.4, 0.5) is 0 Å². The SMILES string of the molecule is CCOc1nccn2c(CNC(=O)Cc3ccccc3Cl)nnc12. The largest absolute Gasteiger partial charge is 0.475 e. The minimum absolute atomic E-state index is 0.140. The first-order valence-electron chi connectivity index (χ1n) is 7.50. The van der Waals surface area contributed by atoms with Gasteiger partial charge in [0, 0.05) is 17.4 Å². The van der Waals surface area contributed by atoms with E-state index in [1.165, 1.54) is 0 Å². The Morgan fingerprint density at radius 2 is 2.17 bits per heavy atom. The van der Waals surface area contributed by atoms with Gasteiger partial charge < -0.3 is 10.1 Å². The van der Waals surface area contributed by atoms with E-state index in [0.29, 0.717) is 29.0 Å². The first-order chi connectivity index (χ1) is 11.7. The van der Waals surface area contributed by atoms with Crippen LogP contribution in [0.1, 0.15) is 18.3 Å². The van der Waals surface area contributed by atoms with Crippen LogP contribution in [-0.4, -0.2) is 32.1 Å². The van der Waals surface area contributed by atoms with Crippen LogP contribution in [0.2, 0.25) is 5.02 Å². The minimum atomic E-state index is -0.140. The monoisotopic (exact) mass is 345 g/mol. The number of aromatic nitrogens is 4. The fourth-order valence-electron chi connectivity index (χ4n) is 2.27. The molecule has 24 heavy (non-hydrogen) atoms. The van der Waals surface area contributed by atoms with Gasteiger partial charge in [0.1, 0.15) is 0 Å². The summed E-state index contributed by atoms with van der Waals surface area (Å²) in [5, 5.41) is 11.6. The summed E-state index contributed by atoms with van der Waals surface area (Å²) in [6.07, 6.45) is 3.55. The summed E-state index contributed by atoms with van der Waals surface area (Å²) >= 11 is 6.07. The van der Waals surface area contributed by atoms with E-state index < -0.39 is 0 Å². The molecule has 3 rings (SSSR count). The van der Waals surface area contributed by atoms with Gasteiger partial charge in [-0.1, -0.05) is 29.8 Å². The molecule has 1 amide bonds. The zero-order chi connectivity index (χ0) is 16.9. The first-order valence-corrected chi connectivity index (χ1v) is 7.88. The number of carbonyl (C=O) groups excluding carboxylic acids is 1. The summed E-state index contributed by atoms with van der Waals surface area (Å²) in [4.78, 5) is 16.2. The molecule has 8 heteroatoms. The van der Waals surface area contributed by atoms with Crippen LogP contribution >= 0.6 is 11.6 Å². The molecule has 2 heterocycles. The highest BCUT2D eigenvalue weighted by molar-refractivity contribution is 6.31. The Hall–Kier alpha value is -2.67. The highest BCUT2D eigenvalue weighted by Gasteiger charge is 2.12. The molecular formula is C16H16ClN5O2. The van der Waals surface area contributed by atoms with Crippen molar-refractivity contribution in [2.75, 3.05) is 6.61 Å². The molecule has 0 atom stereocenters. The van der Waals surface area contributed by atoms with Crippen molar-refractivity contribution in [2.24, 2.45) is 0 Å². The molecule has 0 radical (unpaired) electrons. The normalized spacial score (nSPS) is 10.8. The summed E-state index contributed by atoms with van der Waals surface area (Å²) in [7, 11) is 0. The Kier molecular flexibility index (Phi) is 4.90. The van der Waals surface area contributed by atoms with Gasteiger partial charge in [0.05, 0.1) is 19.6 Å². The molecule has 0 aliphatic carbocycles. The van der Waals surface area contributed by atoms with E-state index in [2.05, 4.69) is 20.5 Å². The number of carbonyl (C=O) groups is 1. The first kappa shape index (κ1) is 16.2. The molecule has 124 valence electrons. The van der Waals surface area contributed by atoms with E-state index in [9.17, 15) is 4.79 Å². The number of nitrogens with one attached hydrogen (secondary N) is 1. The van der Waals surface area contributed by atoms with Crippen LogP contribution < -0.4 is 10.1 Å². The Morgan fingerprint density at radius 1 is 1.33 bits per heavy atom. The van der Waals surface area contributed by atoms with Crippen molar-refractivity contribution < 1.29 is 9.53 Å². The van der Waals surface area contributed by atoms with Crippen molar-refractivity contribution in [2.45, 2.75) is 19.9 Å². The average molecular weight is 346 g/mol. The van der Waals surface area contributed by atoms with Crippen molar-refractivity contribution in [1.29, 1.82) is 0 Å². The second-order valence-corrected chi connectivity index (χ2v) is 5.43. The van der Waals surface area contributed by atoms with Gasteiger partial charge in [0.25, 0.3) is 5.88 Å². The molecule has 0 aliphatic rings. The molecule has 0 spiro atoms. The summed E-state index contributed by atoms with van der Waals surface area (Å²) < 4.78 is 7.16. The molecule has 0 saturated carbocycles. The topological polar surface area (TPSA) is 81.4 Å². The van der Waals surface area contributed by atoms with Crippen molar-refractivity contribution in [3.05, 3.63) is 53.1 Å². The summed E-state index contributed by atoms with van der Waals surface area (Å²) in [6, 6.07) is 7.27. The lowest BCUT2D eigenvalue weighted by Crippen LogP contribution is -2.25. The van der Waals surface area contributed by atoms with Crippen LogP contribution in [0, 0.1) is 0 Å². The molecule has 1 aromatic carbocycles. The lowest BCUT2D eigenvalue weighted by Gasteiger charge is -2.06. The van der Waals surface area contributed by atoms with Gasteiger partial charge in [0.15, 0.2) is 5.82 Å². The van der Waals surface area contributed by atoms with Gasteiger partial charge >= 0.3 is 0 Å². The Balaban J connectivity index is 1.68. The zero-order valence-electron chi connectivity index (χ0n) is 13.1. The number of amides is 1. The van der Waals surface area contributed by atoms with Crippen molar-refractivity contribution in [3.8, 4) is 5.88 Å². The zero-order valence-corrected chi connectivity index (χ0v) is 13.8. The Bertz CT molecular complexity index is 865. The third kappa shape index (κ3) is 3.46. The van der Waals surface area contributed by atoms with Crippen LogP contribution in [0.15, 0.2) is 36.7 Å². The lowest BCUT2D eigenvalue weighted by atomic mass is 10.1. The van der Waals surface area contributed by atoms with E-state index in [1.807, 2.05) is 25.1 Å². The number of fused-ring (bicyclic) bond motifs is 1. The fourth-order valence-corrected chi connectivity index (χ4v) is 2.47. The minimum Gasteiger partial charge on any atom is -0.475 e. The quantitative estimate of drug-likeness (QED) is 0.739. The molecular weight excluding hydrogens is 330 g/mol. The van der Waals surface area contributed by atoms with Gasteiger partial charge in [-0.05, 0) is 18.6 Å². The summed E-state index contributed by atoms with van der Waals surface area (Å²) in [5.74, 6) is 0.876. The molecule has 0 fully saturated rings. The third-order valence-electron chi connectivity index (χ3n) is 3.40. The number of rotatable bonds is 6. The second-order valence-electron chi connectivity index (χ2n) is 5.02. The van der Waals surface area contributed by atoms with Crippen LogP contribution in [0.3, 0.4) is 0 Å². The standard InChI is InChI=1S/C16H16ClN5O2/c1-2-24-16-15-21-20-13(22(15)8-7-18-16)10-19-14(23)9-11-5-3-4-6-12(11)17/h3-8H,2,9-10H2,1H3,(H,19,23). The highest BCUT2D eigenvalue weighted by atomic mass is 35.5. The number of ether oxygens (including phenoxy) is 1. The van der Waals surface area contributed by atoms with E-state index in [-0.39, 0.29) is 18.9 Å². The van der Waals surface area contributed by atoms with Crippen LogP contribution in [0.25, 0.3) is 5.65 Å². The van der Waals surface area contributed by atoms with E-state index in [1.54, 1.807) is 22.9 Å². The number of nitrogens with zero attached hydrogens (tertiary/aromatic N) is 4. The van der Waals surface area contributed by atoms with E-state index in [4.69, 9.17) is 16.3 Å². The van der Waals surface area contributed by atoms with Gasteiger partial charge in [-0.3, -0.25) is 9.20 Å². The molecule has 0 bridgehead atoms. The van der Waals surface area contributed by atoms with Crippen LogP contribution in [-0.2, 0) is 17.8 Å². The number of halogens is 1. The predicted octanol–water partition coefficient (Wildman–Crippen LogP) is 2.04. The molecule has 3 aromatic rings. The number of benzene rings is 1. The Morgan fingerprint density at radius 3 is 2.96 bits per heavy atom. The maximum Gasteiger partial charge on any atom is 0.260 e. The lowest BCUT2D eigenvalue weighted by molar-refractivity contribution is -0.120. The molecule has 2 aromatic heterocycles. The predicted molar refractivity (Wildman–Crippen MR) is 89.0 cm³/mol.